The third-order valence-electron chi connectivity index (χ3n) is 2.60. The Morgan fingerprint density at radius 2 is 2.44 bits per heavy atom. The summed E-state index contributed by atoms with van der Waals surface area (Å²) in [5.74, 6) is -0.0139. The molecule has 1 aliphatic heterocycles. The van der Waals surface area contributed by atoms with Crippen LogP contribution in [0.5, 0.6) is 0 Å². The summed E-state index contributed by atoms with van der Waals surface area (Å²) in [6, 6.07) is 3.43. The second-order valence-electron chi connectivity index (χ2n) is 3.79. The van der Waals surface area contributed by atoms with Crippen molar-refractivity contribution < 1.29 is 9.53 Å². The number of halogens is 1. The third-order valence-corrected chi connectivity index (χ3v) is 2.83. The van der Waals surface area contributed by atoms with E-state index in [4.69, 9.17) is 16.3 Å². The summed E-state index contributed by atoms with van der Waals surface area (Å²) in [7, 11) is 0. The molecule has 0 spiro atoms. The van der Waals surface area contributed by atoms with Crippen LogP contribution in [0, 0.1) is 0 Å². The van der Waals surface area contributed by atoms with Gasteiger partial charge >= 0.3 is 0 Å². The number of morpholine rings is 1. The van der Waals surface area contributed by atoms with Gasteiger partial charge in [0.2, 0.25) is 0 Å². The second kappa shape index (κ2) is 4.80. The minimum absolute atomic E-state index is 0.0139. The Balaban J connectivity index is 2.14. The third kappa shape index (κ3) is 2.33. The zero-order valence-corrected chi connectivity index (χ0v) is 9.78. The summed E-state index contributed by atoms with van der Waals surface area (Å²) >= 11 is 5.67. The lowest BCUT2D eigenvalue weighted by atomic mass is 10.2. The molecule has 4 nitrogen and oxygen atoms in total. The number of aromatic nitrogens is 1. The average Bonchev–Trinajstić information content (AvgIpc) is 2.30. The summed E-state index contributed by atoms with van der Waals surface area (Å²) in [6.07, 6.45) is 1.51. The normalized spacial score (nSPS) is 20.9. The summed E-state index contributed by atoms with van der Waals surface area (Å²) in [5.41, 5.74) is 0.568. The fourth-order valence-electron chi connectivity index (χ4n) is 1.70. The molecule has 0 radical (unpaired) electrons. The molecule has 0 aliphatic carbocycles. The van der Waals surface area contributed by atoms with Crippen molar-refractivity contribution in [3.63, 3.8) is 0 Å². The quantitative estimate of drug-likeness (QED) is 0.701. The number of rotatable bonds is 1. The van der Waals surface area contributed by atoms with Crippen LogP contribution in [0.25, 0.3) is 0 Å². The van der Waals surface area contributed by atoms with Gasteiger partial charge < -0.3 is 9.64 Å². The first kappa shape index (κ1) is 11.4. The van der Waals surface area contributed by atoms with E-state index >= 15 is 0 Å². The summed E-state index contributed by atoms with van der Waals surface area (Å²) < 4.78 is 5.29. The lowest BCUT2D eigenvalue weighted by Gasteiger charge is -2.33. The van der Waals surface area contributed by atoms with Gasteiger partial charge in [-0.3, -0.25) is 4.79 Å². The fourth-order valence-corrected chi connectivity index (χ4v) is 1.81. The SMILES string of the molecule is C[C@@H]1COCCN1C(=O)c1ccc(Cl)nc1. The van der Waals surface area contributed by atoms with E-state index in [0.717, 1.165) is 0 Å². The lowest BCUT2D eigenvalue weighted by molar-refractivity contribution is 0.00357. The second-order valence-corrected chi connectivity index (χ2v) is 4.18. The fraction of sp³-hybridized carbons (Fsp3) is 0.455. The molecule has 0 bridgehead atoms. The van der Waals surface area contributed by atoms with Crippen LogP contribution < -0.4 is 0 Å². The Morgan fingerprint density at radius 3 is 3.06 bits per heavy atom. The van der Waals surface area contributed by atoms with Crippen molar-refractivity contribution in [1.82, 2.24) is 9.88 Å². The number of ether oxygens (including phenoxy) is 1. The number of carbonyl (C=O) groups excluding carboxylic acids is 1. The lowest BCUT2D eigenvalue weighted by Crippen LogP contribution is -2.47. The van der Waals surface area contributed by atoms with Gasteiger partial charge in [-0.05, 0) is 19.1 Å². The zero-order valence-electron chi connectivity index (χ0n) is 9.02. The van der Waals surface area contributed by atoms with Crippen LogP contribution in [0.2, 0.25) is 5.15 Å². The first-order valence-corrected chi connectivity index (χ1v) is 5.56. The predicted octanol–water partition coefficient (Wildman–Crippen LogP) is 1.60. The highest BCUT2D eigenvalue weighted by Gasteiger charge is 2.24. The molecule has 0 unspecified atom stereocenters. The van der Waals surface area contributed by atoms with E-state index in [-0.39, 0.29) is 11.9 Å². The van der Waals surface area contributed by atoms with Crippen LogP contribution in [0.4, 0.5) is 0 Å². The molecule has 1 saturated heterocycles. The summed E-state index contributed by atoms with van der Waals surface area (Å²) in [5, 5.41) is 0.395. The molecular weight excluding hydrogens is 228 g/mol. The molecule has 0 aromatic carbocycles. The van der Waals surface area contributed by atoms with Crippen molar-refractivity contribution >= 4 is 17.5 Å². The van der Waals surface area contributed by atoms with Crippen LogP contribution in [0.1, 0.15) is 17.3 Å². The Bertz CT molecular complexity index is 380. The monoisotopic (exact) mass is 240 g/mol. The number of hydrogen-bond acceptors (Lipinski definition) is 3. The van der Waals surface area contributed by atoms with E-state index in [0.29, 0.717) is 30.5 Å². The van der Waals surface area contributed by atoms with Gasteiger partial charge in [-0.15, -0.1) is 0 Å². The maximum Gasteiger partial charge on any atom is 0.255 e. The molecule has 2 heterocycles. The largest absolute Gasteiger partial charge is 0.377 e. The average molecular weight is 241 g/mol. The maximum absolute atomic E-state index is 12.1. The van der Waals surface area contributed by atoms with E-state index in [1.807, 2.05) is 6.92 Å². The first-order valence-electron chi connectivity index (χ1n) is 5.19. The van der Waals surface area contributed by atoms with Crippen LogP contribution in [0.3, 0.4) is 0 Å². The van der Waals surface area contributed by atoms with Gasteiger partial charge in [0.25, 0.3) is 5.91 Å². The Hall–Kier alpha value is -1.13. The highest BCUT2D eigenvalue weighted by Crippen LogP contribution is 2.13. The van der Waals surface area contributed by atoms with E-state index in [1.54, 1.807) is 17.0 Å². The van der Waals surface area contributed by atoms with Gasteiger partial charge in [0, 0.05) is 12.7 Å². The van der Waals surface area contributed by atoms with Gasteiger partial charge in [-0.2, -0.15) is 0 Å². The van der Waals surface area contributed by atoms with Crippen molar-refractivity contribution in [2.75, 3.05) is 19.8 Å². The molecule has 86 valence electrons. The molecule has 1 amide bonds. The molecule has 1 fully saturated rings. The number of hydrogen-bond donors (Lipinski definition) is 0. The Morgan fingerprint density at radius 1 is 1.62 bits per heavy atom. The molecule has 2 rings (SSSR count). The van der Waals surface area contributed by atoms with E-state index < -0.39 is 0 Å². The standard InChI is InChI=1S/C11H13ClN2O2/c1-8-7-16-5-4-14(8)11(15)9-2-3-10(12)13-6-9/h2-3,6,8H,4-5,7H2,1H3/t8-/m1/s1. The van der Waals surface area contributed by atoms with Crippen LogP contribution in [-0.2, 0) is 4.74 Å². The zero-order chi connectivity index (χ0) is 11.5. The molecule has 1 aromatic heterocycles. The van der Waals surface area contributed by atoms with E-state index in [9.17, 15) is 4.79 Å². The Kier molecular flexibility index (Phi) is 3.41. The maximum atomic E-state index is 12.1. The number of carbonyl (C=O) groups is 1. The molecule has 0 saturated carbocycles. The number of nitrogens with zero attached hydrogens (tertiary/aromatic N) is 2. The van der Waals surface area contributed by atoms with Crippen LogP contribution >= 0.6 is 11.6 Å². The summed E-state index contributed by atoms with van der Waals surface area (Å²) in [4.78, 5) is 17.8. The van der Waals surface area contributed by atoms with Crippen LogP contribution in [-0.4, -0.2) is 41.6 Å². The van der Waals surface area contributed by atoms with Gasteiger partial charge in [-0.25, -0.2) is 4.98 Å². The minimum atomic E-state index is -0.0139. The number of amides is 1. The molecule has 5 heteroatoms. The molecule has 16 heavy (non-hydrogen) atoms. The highest BCUT2D eigenvalue weighted by atomic mass is 35.5. The van der Waals surface area contributed by atoms with Gasteiger partial charge in [-0.1, -0.05) is 11.6 Å². The smallest absolute Gasteiger partial charge is 0.255 e. The highest BCUT2D eigenvalue weighted by molar-refractivity contribution is 6.29. The molecule has 1 aromatic rings. The Labute approximate surface area is 99.2 Å². The topological polar surface area (TPSA) is 42.4 Å². The molecular formula is C11H13ClN2O2. The minimum Gasteiger partial charge on any atom is -0.377 e. The van der Waals surface area contributed by atoms with Crippen molar-refractivity contribution in [2.24, 2.45) is 0 Å². The van der Waals surface area contributed by atoms with Crippen LogP contribution in [0.15, 0.2) is 18.3 Å². The van der Waals surface area contributed by atoms with E-state index in [1.165, 1.54) is 6.20 Å². The van der Waals surface area contributed by atoms with Gasteiger partial charge in [0.15, 0.2) is 0 Å². The van der Waals surface area contributed by atoms with Crippen molar-refractivity contribution in [1.29, 1.82) is 0 Å². The predicted molar refractivity (Wildman–Crippen MR) is 60.6 cm³/mol. The van der Waals surface area contributed by atoms with E-state index in [2.05, 4.69) is 4.98 Å². The van der Waals surface area contributed by atoms with Crippen molar-refractivity contribution in [2.45, 2.75) is 13.0 Å². The molecule has 0 N–H and O–H groups in total. The van der Waals surface area contributed by atoms with Gasteiger partial charge in [0.05, 0.1) is 24.8 Å². The van der Waals surface area contributed by atoms with Crippen molar-refractivity contribution in [3.8, 4) is 0 Å². The first-order chi connectivity index (χ1) is 7.68. The number of pyridine rings is 1. The summed E-state index contributed by atoms with van der Waals surface area (Å²) in [6.45, 7) is 3.78. The van der Waals surface area contributed by atoms with Crippen molar-refractivity contribution in [3.05, 3.63) is 29.0 Å². The molecule has 1 atom stereocenters. The van der Waals surface area contributed by atoms with Gasteiger partial charge in [0.1, 0.15) is 5.15 Å². The molecule has 1 aliphatic rings.